The predicted molar refractivity (Wildman–Crippen MR) is 80.4 cm³/mol. The van der Waals surface area contributed by atoms with Crippen LogP contribution >= 0.6 is 27.5 Å². The maximum atomic E-state index is 4.44. The minimum atomic E-state index is 0.223. The molecule has 0 aromatic carbocycles. The van der Waals surface area contributed by atoms with Crippen molar-refractivity contribution in [1.82, 2.24) is 24.7 Å². The summed E-state index contributed by atoms with van der Waals surface area (Å²) in [4.78, 5) is 1.22. The van der Waals surface area contributed by atoms with E-state index >= 15 is 0 Å². The third kappa shape index (κ3) is 2.88. The Kier molecular flexibility index (Phi) is 4.70. The number of halogens is 1. The Hall–Kier alpha value is -0.790. The zero-order valence-corrected chi connectivity index (χ0v) is 14.0. The molecule has 1 unspecified atom stereocenters. The van der Waals surface area contributed by atoms with Gasteiger partial charge in [0, 0.05) is 13.5 Å². The third-order valence-electron chi connectivity index (χ3n) is 3.24. The maximum absolute atomic E-state index is 4.44. The van der Waals surface area contributed by atoms with Crippen LogP contribution in [-0.2, 0) is 19.9 Å². The molecule has 1 atom stereocenters. The van der Waals surface area contributed by atoms with Crippen molar-refractivity contribution in [2.45, 2.75) is 32.7 Å². The van der Waals surface area contributed by atoms with Crippen LogP contribution in [0.2, 0.25) is 0 Å². The molecule has 1 N–H and O–H groups in total. The normalized spacial score (nSPS) is 12.9. The summed E-state index contributed by atoms with van der Waals surface area (Å²) in [5.74, 6) is 0. The number of aromatic nitrogens is 4. The van der Waals surface area contributed by atoms with Gasteiger partial charge in [-0.1, -0.05) is 11.4 Å². The summed E-state index contributed by atoms with van der Waals surface area (Å²) in [7, 11) is 3.95. The average Bonchev–Trinajstić information content (AvgIpc) is 2.95. The number of nitrogens with one attached hydrogen (secondary N) is 1. The van der Waals surface area contributed by atoms with Crippen LogP contribution in [0.1, 0.15) is 34.9 Å². The molecule has 2 aromatic heterocycles. The van der Waals surface area contributed by atoms with E-state index in [0.717, 1.165) is 28.7 Å². The van der Waals surface area contributed by atoms with Crippen molar-refractivity contribution >= 4 is 27.5 Å². The molecule has 0 spiro atoms. The summed E-state index contributed by atoms with van der Waals surface area (Å²) in [6.07, 6.45) is 1.78. The van der Waals surface area contributed by atoms with Gasteiger partial charge in [0.1, 0.15) is 0 Å². The van der Waals surface area contributed by atoms with E-state index in [4.69, 9.17) is 0 Å². The standard InChI is InChI=1S/C12H18BrN5S/c1-5-8-12(19-17-15-8)9(14-3)6-10-11(13)7(2)16-18(10)4/h9,14H,5-6H2,1-4H3. The molecule has 19 heavy (non-hydrogen) atoms. The highest BCUT2D eigenvalue weighted by atomic mass is 79.9. The van der Waals surface area contributed by atoms with Gasteiger partial charge < -0.3 is 5.32 Å². The fraction of sp³-hybridized carbons (Fsp3) is 0.583. The number of aryl methyl sites for hydroxylation is 3. The van der Waals surface area contributed by atoms with Crippen molar-refractivity contribution in [3.63, 3.8) is 0 Å². The molecule has 0 amide bonds. The molecular formula is C12H18BrN5S. The van der Waals surface area contributed by atoms with Gasteiger partial charge in [-0.25, -0.2) is 0 Å². The summed E-state index contributed by atoms with van der Waals surface area (Å²) in [5, 5.41) is 12.0. The summed E-state index contributed by atoms with van der Waals surface area (Å²) in [6, 6.07) is 0.223. The summed E-state index contributed by atoms with van der Waals surface area (Å²) in [6.45, 7) is 4.12. The molecule has 0 saturated heterocycles. The Morgan fingerprint density at radius 3 is 2.74 bits per heavy atom. The maximum Gasteiger partial charge on any atom is 0.0801 e. The largest absolute Gasteiger partial charge is 0.312 e. The molecule has 2 heterocycles. The van der Waals surface area contributed by atoms with Gasteiger partial charge in [-0.2, -0.15) is 5.10 Å². The minimum absolute atomic E-state index is 0.223. The minimum Gasteiger partial charge on any atom is -0.312 e. The van der Waals surface area contributed by atoms with Crippen LogP contribution in [-0.4, -0.2) is 26.4 Å². The first-order valence-electron chi connectivity index (χ1n) is 6.24. The van der Waals surface area contributed by atoms with E-state index in [1.54, 1.807) is 0 Å². The van der Waals surface area contributed by atoms with Crippen LogP contribution in [0.3, 0.4) is 0 Å². The second kappa shape index (κ2) is 6.11. The molecule has 104 valence electrons. The zero-order chi connectivity index (χ0) is 14.0. The van der Waals surface area contributed by atoms with E-state index in [2.05, 4.69) is 42.9 Å². The molecule has 0 fully saturated rings. The molecule has 0 radical (unpaired) electrons. The van der Waals surface area contributed by atoms with E-state index in [1.165, 1.54) is 22.1 Å². The van der Waals surface area contributed by atoms with Crippen molar-refractivity contribution in [2.24, 2.45) is 7.05 Å². The summed E-state index contributed by atoms with van der Waals surface area (Å²) >= 11 is 5.09. The topological polar surface area (TPSA) is 55.6 Å². The van der Waals surface area contributed by atoms with Crippen LogP contribution in [0.5, 0.6) is 0 Å². The lowest BCUT2D eigenvalue weighted by Crippen LogP contribution is -2.20. The van der Waals surface area contributed by atoms with Gasteiger partial charge in [-0.3, -0.25) is 4.68 Å². The second-order valence-corrected chi connectivity index (χ2v) is 6.03. The van der Waals surface area contributed by atoms with E-state index < -0.39 is 0 Å². The highest BCUT2D eigenvalue weighted by molar-refractivity contribution is 9.10. The summed E-state index contributed by atoms with van der Waals surface area (Å²) in [5.41, 5.74) is 3.29. The highest BCUT2D eigenvalue weighted by Gasteiger charge is 2.21. The van der Waals surface area contributed by atoms with Crippen LogP contribution in [0.4, 0.5) is 0 Å². The van der Waals surface area contributed by atoms with Gasteiger partial charge in [0.25, 0.3) is 0 Å². The number of nitrogens with zero attached hydrogens (tertiary/aromatic N) is 4. The lowest BCUT2D eigenvalue weighted by atomic mass is 10.1. The second-order valence-electron chi connectivity index (χ2n) is 4.45. The van der Waals surface area contributed by atoms with Crippen molar-refractivity contribution in [1.29, 1.82) is 0 Å². The van der Waals surface area contributed by atoms with Crippen molar-refractivity contribution in [2.75, 3.05) is 7.05 Å². The molecule has 7 heteroatoms. The van der Waals surface area contributed by atoms with Gasteiger partial charge in [0.2, 0.25) is 0 Å². The van der Waals surface area contributed by atoms with Crippen LogP contribution < -0.4 is 5.32 Å². The molecule has 0 aliphatic carbocycles. The molecular weight excluding hydrogens is 326 g/mol. The van der Waals surface area contributed by atoms with Gasteiger partial charge in [-0.15, -0.1) is 5.10 Å². The van der Waals surface area contributed by atoms with Crippen molar-refractivity contribution in [3.05, 3.63) is 26.4 Å². The Morgan fingerprint density at radius 1 is 1.47 bits per heavy atom. The Morgan fingerprint density at radius 2 is 2.21 bits per heavy atom. The smallest absolute Gasteiger partial charge is 0.0801 e. The van der Waals surface area contributed by atoms with Crippen LogP contribution in [0, 0.1) is 6.92 Å². The zero-order valence-electron chi connectivity index (χ0n) is 11.6. The fourth-order valence-electron chi connectivity index (χ4n) is 2.15. The van der Waals surface area contributed by atoms with Gasteiger partial charge in [0.05, 0.1) is 32.5 Å². The van der Waals surface area contributed by atoms with E-state index in [0.29, 0.717) is 0 Å². The molecule has 2 rings (SSSR count). The first-order valence-corrected chi connectivity index (χ1v) is 7.81. The number of rotatable bonds is 5. The molecule has 0 bridgehead atoms. The fourth-order valence-corrected chi connectivity index (χ4v) is 3.49. The molecule has 0 aliphatic rings. The SMILES string of the molecule is CCc1nnsc1C(Cc1c(Br)c(C)nn1C)NC. The Bertz CT molecular complexity index is 562. The van der Waals surface area contributed by atoms with E-state index in [9.17, 15) is 0 Å². The number of likely N-dealkylation sites (N-methyl/N-ethyl adjacent to an activating group) is 1. The quantitative estimate of drug-likeness (QED) is 0.905. The van der Waals surface area contributed by atoms with Crippen molar-refractivity contribution in [3.8, 4) is 0 Å². The van der Waals surface area contributed by atoms with E-state index in [-0.39, 0.29) is 6.04 Å². The van der Waals surface area contributed by atoms with Crippen molar-refractivity contribution < 1.29 is 0 Å². The number of hydrogen-bond donors (Lipinski definition) is 1. The molecule has 5 nitrogen and oxygen atoms in total. The monoisotopic (exact) mass is 343 g/mol. The van der Waals surface area contributed by atoms with Gasteiger partial charge in [-0.05, 0) is 47.9 Å². The number of hydrogen-bond acceptors (Lipinski definition) is 5. The predicted octanol–water partition coefficient (Wildman–Crippen LogP) is 2.41. The summed E-state index contributed by atoms with van der Waals surface area (Å²) < 4.78 is 7.09. The lowest BCUT2D eigenvalue weighted by molar-refractivity contribution is 0.563. The van der Waals surface area contributed by atoms with Crippen LogP contribution in [0.15, 0.2) is 4.47 Å². The molecule has 0 saturated carbocycles. The molecule has 2 aromatic rings. The highest BCUT2D eigenvalue weighted by Crippen LogP contribution is 2.28. The Labute approximate surface area is 125 Å². The first kappa shape index (κ1) is 14.6. The van der Waals surface area contributed by atoms with Crippen LogP contribution in [0.25, 0.3) is 0 Å². The average molecular weight is 344 g/mol. The molecule has 0 aliphatic heterocycles. The van der Waals surface area contributed by atoms with Gasteiger partial charge in [0.15, 0.2) is 0 Å². The lowest BCUT2D eigenvalue weighted by Gasteiger charge is -2.15. The Balaban J connectivity index is 2.29. The van der Waals surface area contributed by atoms with Gasteiger partial charge >= 0.3 is 0 Å². The first-order chi connectivity index (χ1) is 9.08. The van der Waals surface area contributed by atoms with E-state index in [1.807, 2.05) is 25.7 Å². The third-order valence-corrected chi connectivity index (χ3v) is 5.16.